The minimum atomic E-state index is -1.09. The number of nitrogens with zero attached hydrogens (tertiary/aromatic N) is 2. The van der Waals surface area contributed by atoms with Gasteiger partial charge in [-0.15, -0.1) is 0 Å². The minimum Gasteiger partial charge on any atom is -0.465 e. The molecule has 108 valence electrons. The van der Waals surface area contributed by atoms with Crippen molar-refractivity contribution in [2.45, 2.75) is 12.5 Å². The molecule has 1 aliphatic rings. The fraction of sp³-hybridized carbons (Fsp3) is 0.417. The van der Waals surface area contributed by atoms with Gasteiger partial charge in [-0.05, 0) is 12.5 Å². The van der Waals surface area contributed by atoms with Crippen molar-refractivity contribution in [3.05, 3.63) is 38.9 Å². The lowest BCUT2D eigenvalue weighted by molar-refractivity contribution is -0.385. The predicted molar refractivity (Wildman–Crippen MR) is 71.0 cm³/mol. The third kappa shape index (κ3) is 3.00. The van der Waals surface area contributed by atoms with Gasteiger partial charge in [-0.2, -0.15) is 0 Å². The standard InChI is InChI=1S/C12H13ClN2O5/c13-10-3-2-8(15(18)19)6-9(10)11-7-20-5-1-4-14(11)12(16)17/h2-3,6,11H,1,4-5,7H2,(H,16,17). The fourth-order valence-electron chi connectivity index (χ4n) is 2.16. The van der Waals surface area contributed by atoms with Crippen molar-refractivity contribution in [3.63, 3.8) is 0 Å². The van der Waals surface area contributed by atoms with E-state index in [0.717, 1.165) is 0 Å². The summed E-state index contributed by atoms with van der Waals surface area (Å²) in [6.45, 7) is 0.888. The first-order chi connectivity index (χ1) is 9.50. The summed E-state index contributed by atoms with van der Waals surface area (Å²) in [5, 5.41) is 20.4. The highest BCUT2D eigenvalue weighted by Gasteiger charge is 2.29. The van der Waals surface area contributed by atoms with Gasteiger partial charge in [0.15, 0.2) is 0 Å². The van der Waals surface area contributed by atoms with E-state index in [1.54, 1.807) is 0 Å². The first kappa shape index (κ1) is 14.5. The van der Waals surface area contributed by atoms with Crippen molar-refractivity contribution in [2.24, 2.45) is 0 Å². The van der Waals surface area contributed by atoms with E-state index in [0.29, 0.717) is 25.1 Å². The van der Waals surface area contributed by atoms with Gasteiger partial charge in [-0.25, -0.2) is 4.79 Å². The molecule has 0 aliphatic carbocycles. The molecule has 1 amide bonds. The Kier molecular flexibility index (Phi) is 4.41. The number of non-ortho nitro benzene ring substituents is 1. The monoisotopic (exact) mass is 300 g/mol. The number of ether oxygens (including phenoxy) is 1. The van der Waals surface area contributed by atoms with Gasteiger partial charge in [0.05, 0.1) is 17.6 Å². The Morgan fingerprint density at radius 1 is 1.55 bits per heavy atom. The molecular weight excluding hydrogens is 288 g/mol. The summed E-state index contributed by atoms with van der Waals surface area (Å²) in [7, 11) is 0. The average Bonchev–Trinajstić information content (AvgIpc) is 2.64. The van der Waals surface area contributed by atoms with E-state index in [4.69, 9.17) is 16.3 Å². The smallest absolute Gasteiger partial charge is 0.407 e. The molecule has 1 unspecified atom stereocenters. The average molecular weight is 301 g/mol. The predicted octanol–water partition coefficient (Wildman–Crippen LogP) is 2.69. The second-order valence-corrected chi connectivity index (χ2v) is 4.79. The summed E-state index contributed by atoms with van der Waals surface area (Å²) < 4.78 is 5.36. The Balaban J connectivity index is 2.42. The van der Waals surface area contributed by atoms with Gasteiger partial charge < -0.3 is 9.84 Å². The lowest BCUT2D eigenvalue weighted by Gasteiger charge is -2.27. The maximum Gasteiger partial charge on any atom is 0.407 e. The van der Waals surface area contributed by atoms with Gasteiger partial charge in [-0.3, -0.25) is 15.0 Å². The molecule has 1 aromatic rings. The zero-order chi connectivity index (χ0) is 14.7. The molecule has 7 nitrogen and oxygen atoms in total. The van der Waals surface area contributed by atoms with Crippen LogP contribution in [-0.2, 0) is 4.74 Å². The summed E-state index contributed by atoms with van der Waals surface area (Å²) in [5.41, 5.74) is 0.268. The topological polar surface area (TPSA) is 92.9 Å². The lowest BCUT2D eigenvalue weighted by Crippen LogP contribution is -2.35. The quantitative estimate of drug-likeness (QED) is 0.669. The van der Waals surface area contributed by atoms with Crippen LogP contribution in [0.1, 0.15) is 18.0 Å². The summed E-state index contributed by atoms with van der Waals surface area (Å²) >= 11 is 6.06. The van der Waals surface area contributed by atoms with Crippen molar-refractivity contribution < 1.29 is 19.6 Å². The number of amides is 1. The molecule has 0 spiro atoms. The SMILES string of the molecule is O=C(O)N1CCCOCC1c1cc([N+](=O)[O-])ccc1Cl. The van der Waals surface area contributed by atoms with E-state index >= 15 is 0 Å². The normalized spacial score (nSPS) is 19.4. The van der Waals surface area contributed by atoms with Gasteiger partial charge in [0, 0.05) is 35.9 Å². The van der Waals surface area contributed by atoms with Crippen LogP contribution in [0.25, 0.3) is 0 Å². The number of nitro groups is 1. The molecular formula is C12H13ClN2O5. The fourth-order valence-corrected chi connectivity index (χ4v) is 2.41. The summed E-state index contributed by atoms with van der Waals surface area (Å²) in [6.07, 6.45) is -0.516. The molecule has 1 saturated heterocycles. The number of hydrogen-bond acceptors (Lipinski definition) is 4. The van der Waals surface area contributed by atoms with Gasteiger partial charge in [0.25, 0.3) is 5.69 Å². The number of halogens is 1. The molecule has 1 atom stereocenters. The van der Waals surface area contributed by atoms with Crippen LogP contribution in [0.2, 0.25) is 5.02 Å². The molecule has 1 N–H and O–H groups in total. The maximum absolute atomic E-state index is 11.3. The summed E-state index contributed by atoms with van der Waals surface area (Å²) in [4.78, 5) is 22.8. The van der Waals surface area contributed by atoms with Crippen LogP contribution in [0.5, 0.6) is 0 Å². The number of nitro benzene ring substituents is 1. The molecule has 0 radical (unpaired) electrons. The largest absolute Gasteiger partial charge is 0.465 e. The van der Waals surface area contributed by atoms with Crippen molar-refractivity contribution in [1.82, 2.24) is 4.90 Å². The van der Waals surface area contributed by atoms with Crippen LogP contribution < -0.4 is 0 Å². The van der Waals surface area contributed by atoms with Crippen LogP contribution in [0.15, 0.2) is 18.2 Å². The number of carbonyl (C=O) groups is 1. The highest BCUT2D eigenvalue weighted by molar-refractivity contribution is 6.31. The Bertz CT molecular complexity index is 537. The zero-order valence-corrected chi connectivity index (χ0v) is 11.2. The van der Waals surface area contributed by atoms with E-state index in [1.807, 2.05) is 0 Å². The molecule has 20 heavy (non-hydrogen) atoms. The first-order valence-electron chi connectivity index (χ1n) is 6.02. The maximum atomic E-state index is 11.3. The molecule has 0 saturated carbocycles. The molecule has 0 bridgehead atoms. The summed E-state index contributed by atoms with van der Waals surface area (Å²) in [6, 6.07) is 3.36. The second kappa shape index (κ2) is 6.06. The second-order valence-electron chi connectivity index (χ2n) is 4.38. The Morgan fingerprint density at radius 3 is 2.95 bits per heavy atom. The van der Waals surface area contributed by atoms with E-state index in [9.17, 15) is 20.0 Å². The summed E-state index contributed by atoms with van der Waals surface area (Å²) in [5.74, 6) is 0. The van der Waals surface area contributed by atoms with Crippen LogP contribution in [0.4, 0.5) is 10.5 Å². The Hall–Kier alpha value is -1.86. The number of rotatable bonds is 2. The number of carboxylic acid groups (broad SMARTS) is 1. The van der Waals surface area contributed by atoms with Gasteiger partial charge >= 0.3 is 6.09 Å². The molecule has 1 aliphatic heterocycles. The van der Waals surface area contributed by atoms with Crippen LogP contribution >= 0.6 is 11.6 Å². The van der Waals surface area contributed by atoms with Crippen molar-refractivity contribution in [2.75, 3.05) is 19.8 Å². The number of hydrogen-bond donors (Lipinski definition) is 1. The molecule has 8 heteroatoms. The molecule has 2 rings (SSSR count). The van der Waals surface area contributed by atoms with Crippen molar-refractivity contribution >= 4 is 23.4 Å². The van der Waals surface area contributed by atoms with Gasteiger partial charge in [0.1, 0.15) is 0 Å². The lowest BCUT2D eigenvalue weighted by atomic mass is 10.1. The molecule has 0 aromatic heterocycles. The van der Waals surface area contributed by atoms with Gasteiger partial charge in [0.2, 0.25) is 0 Å². The van der Waals surface area contributed by atoms with Gasteiger partial charge in [-0.1, -0.05) is 11.6 Å². The van der Waals surface area contributed by atoms with Crippen LogP contribution in [0.3, 0.4) is 0 Å². The van der Waals surface area contributed by atoms with E-state index in [-0.39, 0.29) is 17.3 Å². The third-order valence-electron chi connectivity index (χ3n) is 3.13. The molecule has 1 fully saturated rings. The Morgan fingerprint density at radius 2 is 2.30 bits per heavy atom. The minimum absolute atomic E-state index is 0.126. The van der Waals surface area contributed by atoms with E-state index < -0.39 is 17.1 Å². The first-order valence-corrected chi connectivity index (χ1v) is 6.39. The highest BCUT2D eigenvalue weighted by Crippen LogP contribution is 2.32. The molecule has 1 heterocycles. The van der Waals surface area contributed by atoms with Crippen LogP contribution in [0, 0.1) is 10.1 Å². The molecule has 1 aromatic carbocycles. The van der Waals surface area contributed by atoms with Crippen molar-refractivity contribution in [1.29, 1.82) is 0 Å². The van der Waals surface area contributed by atoms with E-state index in [1.165, 1.54) is 23.1 Å². The highest BCUT2D eigenvalue weighted by atomic mass is 35.5. The van der Waals surface area contributed by atoms with Crippen LogP contribution in [-0.4, -0.2) is 40.8 Å². The van der Waals surface area contributed by atoms with Crippen molar-refractivity contribution in [3.8, 4) is 0 Å². The zero-order valence-electron chi connectivity index (χ0n) is 10.5. The third-order valence-corrected chi connectivity index (χ3v) is 3.48. The Labute approximate surface area is 119 Å². The number of benzene rings is 1. The van der Waals surface area contributed by atoms with E-state index in [2.05, 4.69) is 0 Å².